The van der Waals surface area contributed by atoms with Crippen molar-refractivity contribution in [2.75, 3.05) is 5.32 Å². The third kappa shape index (κ3) is 8.69. The molecule has 0 bridgehead atoms. The zero-order valence-corrected chi connectivity index (χ0v) is 22.5. The lowest BCUT2D eigenvalue weighted by atomic mass is 10.0. The zero-order chi connectivity index (χ0) is 29.4. The van der Waals surface area contributed by atoms with Gasteiger partial charge in [-0.2, -0.15) is 0 Å². The molecule has 11 heteroatoms. The fourth-order valence-electron chi connectivity index (χ4n) is 4.17. The minimum absolute atomic E-state index is 0.00983. The van der Waals surface area contributed by atoms with Gasteiger partial charge in [-0.3, -0.25) is 19.2 Å². The van der Waals surface area contributed by atoms with Crippen LogP contribution in [0.4, 0.5) is 5.69 Å². The van der Waals surface area contributed by atoms with Crippen molar-refractivity contribution in [2.24, 2.45) is 5.92 Å². The van der Waals surface area contributed by atoms with Gasteiger partial charge in [0.1, 0.15) is 23.4 Å². The summed E-state index contributed by atoms with van der Waals surface area (Å²) < 4.78 is 5.26. The summed E-state index contributed by atoms with van der Waals surface area (Å²) in [6, 6.07) is 10.3. The second-order valence-corrected chi connectivity index (χ2v) is 10.0. The Kier molecular flexibility index (Phi) is 10.0. The lowest BCUT2D eigenvalue weighted by Gasteiger charge is -2.24. The molecule has 11 nitrogen and oxygen atoms in total. The van der Waals surface area contributed by atoms with Crippen LogP contribution in [0.5, 0.6) is 5.75 Å². The Morgan fingerprint density at radius 1 is 0.900 bits per heavy atom. The number of aromatic hydroxyl groups is 1. The zero-order valence-electron chi connectivity index (χ0n) is 22.5. The molecular weight excluding hydrogens is 518 g/mol. The van der Waals surface area contributed by atoms with E-state index < -0.39 is 41.4 Å². The van der Waals surface area contributed by atoms with E-state index in [1.165, 1.54) is 24.3 Å². The number of carbonyl (C=O) groups is 4. The Morgan fingerprint density at radius 3 is 2.25 bits per heavy atom. The molecule has 212 valence electrons. The van der Waals surface area contributed by atoms with Crippen LogP contribution in [0.1, 0.15) is 44.2 Å². The molecule has 0 fully saturated rings. The van der Waals surface area contributed by atoms with Crippen molar-refractivity contribution in [3.63, 3.8) is 0 Å². The van der Waals surface area contributed by atoms with E-state index in [1.54, 1.807) is 31.2 Å². The number of rotatable bonds is 12. The molecule has 0 spiro atoms. The van der Waals surface area contributed by atoms with E-state index in [4.69, 9.17) is 9.52 Å². The third-order valence-corrected chi connectivity index (χ3v) is 6.15. The van der Waals surface area contributed by atoms with Crippen molar-refractivity contribution in [3.05, 3.63) is 70.1 Å². The molecule has 0 radical (unpaired) electrons. The van der Waals surface area contributed by atoms with Gasteiger partial charge in [0, 0.05) is 36.0 Å². The van der Waals surface area contributed by atoms with Crippen molar-refractivity contribution in [3.8, 4) is 5.75 Å². The van der Waals surface area contributed by atoms with E-state index in [1.807, 2.05) is 13.8 Å². The Labute approximate surface area is 230 Å². The number of phenolic OH excluding ortho intramolecular Hbond substituents is 1. The van der Waals surface area contributed by atoms with Gasteiger partial charge in [-0.1, -0.05) is 26.0 Å². The largest absolute Gasteiger partial charge is 0.508 e. The van der Waals surface area contributed by atoms with Gasteiger partial charge < -0.3 is 30.6 Å². The number of aliphatic carboxylic acids is 1. The van der Waals surface area contributed by atoms with E-state index in [-0.39, 0.29) is 37.4 Å². The number of anilines is 1. The number of nitrogens with one attached hydrogen (secondary N) is 3. The summed E-state index contributed by atoms with van der Waals surface area (Å²) in [4.78, 5) is 61.6. The number of benzene rings is 2. The van der Waals surface area contributed by atoms with Gasteiger partial charge in [0.2, 0.25) is 17.7 Å². The van der Waals surface area contributed by atoms with E-state index in [9.17, 15) is 29.1 Å². The van der Waals surface area contributed by atoms with Crippen LogP contribution in [0.3, 0.4) is 0 Å². The molecule has 0 aliphatic rings. The highest BCUT2D eigenvalue weighted by molar-refractivity contribution is 5.99. The fraction of sp³-hybridized carbons (Fsp3) is 0.345. The van der Waals surface area contributed by atoms with Crippen LogP contribution in [-0.4, -0.2) is 46.0 Å². The first kappa shape index (κ1) is 29.9. The van der Waals surface area contributed by atoms with E-state index in [2.05, 4.69) is 16.0 Å². The second kappa shape index (κ2) is 13.4. The maximum atomic E-state index is 13.4. The lowest BCUT2D eigenvalue weighted by molar-refractivity contribution is -0.139. The fourth-order valence-corrected chi connectivity index (χ4v) is 4.17. The van der Waals surface area contributed by atoms with Gasteiger partial charge in [0.25, 0.3) is 0 Å². The quantitative estimate of drug-likeness (QED) is 0.214. The van der Waals surface area contributed by atoms with Crippen LogP contribution >= 0.6 is 0 Å². The number of carboxylic acids is 1. The average Bonchev–Trinajstić information content (AvgIpc) is 2.87. The number of amides is 3. The second-order valence-electron chi connectivity index (χ2n) is 10.0. The Hall–Kier alpha value is -4.67. The topological polar surface area (TPSA) is 175 Å². The summed E-state index contributed by atoms with van der Waals surface area (Å²) in [7, 11) is 0. The maximum Gasteiger partial charge on any atom is 0.336 e. The summed E-state index contributed by atoms with van der Waals surface area (Å²) in [6.07, 6.45) is -0.326. The summed E-state index contributed by atoms with van der Waals surface area (Å²) in [5.74, 6) is -2.82. The minimum atomic E-state index is -1.13. The SMILES string of the molecule is Cc1cc(=O)oc2cc(NC(=O)[C@@H](Cc3ccc(O)cc3)NC(=O)[C@@H](CC(C)C)NC(=O)CCC(=O)O)ccc12. The standard InChI is InChI=1S/C29H33N3O8/c1-16(2)12-22(31-25(34)10-11-26(35)36)29(39)32-23(14-18-4-7-20(33)8-5-18)28(38)30-19-6-9-21-17(3)13-27(37)40-24(21)15-19/h4-9,13,15-16,22-23,33H,10-12,14H2,1-3H3,(H,30,38)(H,31,34)(H,32,39)(H,35,36)/t22-,23-/m1/s1. The van der Waals surface area contributed by atoms with Crippen molar-refractivity contribution in [1.82, 2.24) is 10.6 Å². The van der Waals surface area contributed by atoms with Crippen LogP contribution < -0.4 is 21.6 Å². The Bertz CT molecular complexity index is 1450. The van der Waals surface area contributed by atoms with Gasteiger partial charge in [0.15, 0.2) is 0 Å². The predicted octanol–water partition coefficient (Wildman–Crippen LogP) is 2.87. The van der Waals surface area contributed by atoms with Crippen LogP contribution in [-0.2, 0) is 25.6 Å². The molecule has 5 N–H and O–H groups in total. The number of phenols is 1. The van der Waals surface area contributed by atoms with Crippen LogP contribution in [0, 0.1) is 12.8 Å². The number of aryl methyl sites for hydroxylation is 1. The molecule has 0 saturated carbocycles. The Morgan fingerprint density at radius 2 is 1.60 bits per heavy atom. The first-order chi connectivity index (χ1) is 18.9. The summed E-state index contributed by atoms with van der Waals surface area (Å²) >= 11 is 0. The highest BCUT2D eigenvalue weighted by Gasteiger charge is 2.28. The van der Waals surface area contributed by atoms with Gasteiger partial charge in [-0.05, 0) is 54.7 Å². The number of carboxylic acid groups (broad SMARTS) is 1. The van der Waals surface area contributed by atoms with Crippen LogP contribution in [0.15, 0.2) is 57.7 Å². The minimum Gasteiger partial charge on any atom is -0.508 e. The molecule has 0 aliphatic heterocycles. The molecule has 40 heavy (non-hydrogen) atoms. The first-order valence-electron chi connectivity index (χ1n) is 12.9. The molecule has 1 aromatic heterocycles. The monoisotopic (exact) mass is 551 g/mol. The van der Waals surface area contributed by atoms with E-state index in [0.717, 1.165) is 5.56 Å². The molecule has 0 saturated heterocycles. The molecule has 3 rings (SSSR count). The predicted molar refractivity (Wildman–Crippen MR) is 148 cm³/mol. The molecular formula is C29H33N3O8. The highest BCUT2D eigenvalue weighted by atomic mass is 16.4. The smallest absolute Gasteiger partial charge is 0.336 e. The molecule has 0 unspecified atom stereocenters. The van der Waals surface area contributed by atoms with Crippen molar-refractivity contribution in [2.45, 2.75) is 58.5 Å². The number of hydrogen-bond donors (Lipinski definition) is 5. The molecule has 2 atom stereocenters. The number of hydrogen-bond acceptors (Lipinski definition) is 7. The molecule has 3 amide bonds. The maximum absolute atomic E-state index is 13.4. The molecule has 2 aromatic carbocycles. The van der Waals surface area contributed by atoms with Gasteiger partial charge in [-0.15, -0.1) is 0 Å². The van der Waals surface area contributed by atoms with E-state index in [0.29, 0.717) is 22.2 Å². The molecule has 3 aromatic rings. The van der Waals surface area contributed by atoms with Crippen molar-refractivity contribution >= 4 is 40.3 Å². The van der Waals surface area contributed by atoms with Crippen LogP contribution in [0.25, 0.3) is 11.0 Å². The third-order valence-electron chi connectivity index (χ3n) is 6.15. The molecule has 0 aliphatic carbocycles. The van der Waals surface area contributed by atoms with E-state index >= 15 is 0 Å². The number of carbonyl (C=O) groups excluding carboxylic acids is 3. The first-order valence-corrected chi connectivity index (χ1v) is 12.9. The average molecular weight is 552 g/mol. The summed E-state index contributed by atoms with van der Waals surface area (Å²) in [5.41, 5.74) is 1.50. The van der Waals surface area contributed by atoms with Crippen molar-refractivity contribution < 1.29 is 33.8 Å². The summed E-state index contributed by atoms with van der Waals surface area (Å²) in [6.45, 7) is 5.50. The molecule has 1 heterocycles. The number of fused-ring (bicyclic) bond motifs is 1. The van der Waals surface area contributed by atoms with Gasteiger partial charge in [-0.25, -0.2) is 4.79 Å². The Balaban J connectivity index is 1.84. The van der Waals surface area contributed by atoms with Crippen molar-refractivity contribution in [1.29, 1.82) is 0 Å². The lowest BCUT2D eigenvalue weighted by Crippen LogP contribution is -2.53. The highest BCUT2D eigenvalue weighted by Crippen LogP contribution is 2.21. The normalized spacial score (nSPS) is 12.5. The summed E-state index contributed by atoms with van der Waals surface area (Å²) in [5, 5.41) is 27.2. The van der Waals surface area contributed by atoms with Gasteiger partial charge >= 0.3 is 11.6 Å². The van der Waals surface area contributed by atoms with Crippen LogP contribution in [0.2, 0.25) is 0 Å². The van der Waals surface area contributed by atoms with Gasteiger partial charge in [0.05, 0.1) is 6.42 Å².